The molecular formula is C16H18F3N3O2. The topological polar surface area (TPSA) is 67.2 Å². The Balaban J connectivity index is 2.14. The third kappa shape index (κ3) is 4.35. The molecule has 0 bridgehead atoms. The Hall–Kier alpha value is -2.35. The van der Waals surface area contributed by atoms with Crippen LogP contribution in [0.1, 0.15) is 29.9 Å². The maximum absolute atomic E-state index is 12.6. The minimum Gasteiger partial charge on any atom is -0.391 e. The number of alkyl halides is 3. The molecule has 1 heterocycles. The van der Waals surface area contributed by atoms with Crippen molar-refractivity contribution in [1.29, 1.82) is 0 Å². The number of aliphatic hydroxyl groups excluding tert-OH is 1. The van der Waals surface area contributed by atoms with Crippen molar-refractivity contribution in [2.24, 2.45) is 5.92 Å². The molecule has 8 heteroatoms. The van der Waals surface area contributed by atoms with Crippen LogP contribution in [0.25, 0.3) is 5.69 Å². The van der Waals surface area contributed by atoms with Gasteiger partial charge in [-0.2, -0.15) is 18.3 Å². The van der Waals surface area contributed by atoms with Crippen LogP contribution in [-0.4, -0.2) is 33.4 Å². The predicted octanol–water partition coefficient (Wildman–Crippen LogP) is 2.64. The van der Waals surface area contributed by atoms with Gasteiger partial charge < -0.3 is 10.4 Å². The van der Waals surface area contributed by atoms with E-state index < -0.39 is 23.9 Å². The maximum atomic E-state index is 12.6. The summed E-state index contributed by atoms with van der Waals surface area (Å²) in [6, 6.07) is 6.94. The lowest BCUT2D eigenvalue weighted by Crippen LogP contribution is -2.34. The number of nitrogens with one attached hydrogen (secondary N) is 1. The van der Waals surface area contributed by atoms with Gasteiger partial charge in [-0.1, -0.05) is 19.9 Å². The van der Waals surface area contributed by atoms with Crippen LogP contribution in [0.3, 0.4) is 0 Å². The van der Waals surface area contributed by atoms with Crippen molar-refractivity contribution in [2.45, 2.75) is 26.1 Å². The van der Waals surface area contributed by atoms with Gasteiger partial charge >= 0.3 is 6.18 Å². The molecule has 1 aromatic heterocycles. The van der Waals surface area contributed by atoms with Crippen LogP contribution in [0.4, 0.5) is 13.2 Å². The molecule has 2 N–H and O–H groups in total. The van der Waals surface area contributed by atoms with Gasteiger partial charge in [0.05, 0.1) is 11.8 Å². The van der Waals surface area contributed by atoms with Gasteiger partial charge in [0.15, 0.2) is 5.69 Å². The number of hydrogen-bond donors (Lipinski definition) is 2. The number of nitrogens with zero attached hydrogens (tertiary/aromatic N) is 2. The van der Waals surface area contributed by atoms with Crippen molar-refractivity contribution >= 4 is 5.91 Å². The molecule has 1 unspecified atom stereocenters. The van der Waals surface area contributed by atoms with Crippen molar-refractivity contribution in [3.8, 4) is 5.69 Å². The highest BCUT2D eigenvalue weighted by molar-refractivity contribution is 5.94. The molecule has 0 radical (unpaired) electrons. The Labute approximate surface area is 137 Å². The maximum Gasteiger partial charge on any atom is 0.435 e. The molecule has 5 nitrogen and oxygen atoms in total. The average molecular weight is 341 g/mol. The number of carbonyl (C=O) groups excluding carboxylic acids is 1. The molecule has 0 saturated heterocycles. The van der Waals surface area contributed by atoms with Crippen LogP contribution >= 0.6 is 0 Å². The molecular weight excluding hydrogens is 323 g/mol. The van der Waals surface area contributed by atoms with Gasteiger partial charge in [-0.3, -0.25) is 4.79 Å². The average Bonchev–Trinajstić information content (AvgIpc) is 3.02. The number of halogens is 3. The summed E-state index contributed by atoms with van der Waals surface area (Å²) in [6.45, 7) is 3.75. The van der Waals surface area contributed by atoms with E-state index in [1.807, 2.05) is 13.8 Å². The summed E-state index contributed by atoms with van der Waals surface area (Å²) < 4.78 is 38.9. The number of aliphatic hydroxyl groups is 1. The Kier molecular flexibility index (Phi) is 5.28. The molecule has 2 aromatic rings. The molecule has 1 atom stereocenters. The van der Waals surface area contributed by atoms with E-state index in [4.69, 9.17) is 0 Å². The van der Waals surface area contributed by atoms with E-state index in [1.54, 1.807) is 12.1 Å². The molecule has 0 aliphatic heterocycles. The third-order valence-corrected chi connectivity index (χ3v) is 3.49. The molecule has 130 valence electrons. The van der Waals surface area contributed by atoms with Crippen LogP contribution in [0, 0.1) is 5.92 Å². The van der Waals surface area contributed by atoms with E-state index in [1.165, 1.54) is 18.3 Å². The SMILES string of the molecule is CC(C)C(O)CNC(=O)c1cccc(-n2ccc(C(F)(F)F)n2)c1. The molecule has 0 saturated carbocycles. The fraction of sp³-hybridized carbons (Fsp3) is 0.375. The first-order chi connectivity index (χ1) is 11.2. The van der Waals surface area contributed by atoms with Gasteiger partial charge in [-0.25, -0.2) is 4.68 Å². The number of carbonyl (C=O) groups is 1. The summed E-state index contributed by atoms with van der Waals surface area (Å²) in [6.07, 6.45) is -4.01. The largest absolute Gasteiger partial charge is 0.435 e. The zero-order valence-corrected chi connectivity index (χ0v) is 13.2. The molecule has 1 amide bonds. The Bertz CT molecular complexity index is 711. The second-order valence-corrected chi connectivity index (χ2v) is 5.72. The zero-order valence-electron chi connectivity index (χ0n) is 13.2. The van der Waals surface area contributed by atoms with E-state index in [2.05, 4.69) is 10.4 Å². The number of benzene rings is 1. The second-order valence-electron chi connectivity index (χ2n) is 5.72. The monoisotopic (exact) mass is 341 g/mol. The Morgan fingerprint density at radius 1 is 1.33 bits per heavy atom. The molecule has 0 aliphatic carbocycles. The molecule has 24 heavy (non-hydrogen) atoms. The lowest BCUT2D eigenvalue weighted by atomic mass is 10.1. The highest BCUT2D eigenvalue weighted by Gasteiger charge is 2.33. The van der Waals surface area contributed by atoms with Crippen molar-refractivity contribution in [1.82, 2.24) is 15.1 Å². The fourth-order valence-electron chi connectivity index (χ4n) is 1.94. The lowest BCUT2D eigenvalue weighted by Gasteiger charge is -2.15. The predicted molar refractivity (Wildman–Crippen MR) is 81.7 cm³/mol. The zero-order chi connectivity index (χ0) is 17.9. The molecule has 0 fully saturated rings. The van der Waals surface area contributed by atoms with Gasteiger partial charge in [0.25, 0.3) is 5.91 Å². The summed E-state index contributed by atoms with van der Waals surface area (Å²) in [4.78, 5) is 12.1. The number of rotatable bonds is 5. The van der Waals surface area contributed by atoms with Gasteiger partial charge in [-0.05, 0) is 30.2 Å². The van der Waals surface area contributed by atoms with E-state index in [-0.39, 0.29) is 18.0 Å². The smallest absolute Gasteiger partial charge is 0.391 e. The van der Waals surface area contributed by atoms with Crippen LogP contribution < -0.4 is 5.32 Å². The number of aromatic nitrogens is 2. The Morgan fingerprint density at radius 3 is 2.62 bits per heavy atom. The highest BCUT2D eigenvalue weighted by atomic mass is 19.4. The summed E-state index contributed by atoms with van der Waals surface area (Å²) >= 11 is 0. The van der Waals surface area contributed by atoms with Gasteiger partial charge in [0.1, 0.15) is 0 Å². The minimum atomic E-state index is -4.52. The number of hydrogen-bond acceptors (Lipinski definition) is 3. The van der Waals surface area contributed by atoms with Gasteiger partial charge in [-0.15, -0.1) is 0 Å². The Morgan fingerprint density at radius 2 is 2.04 bits per heavy atom. The quantitative estimate of drug-likeness (QED) is 0.879. The van der Waals surface area contributed by atoms with Crippen LogP contribution in [0.15, 0.2) is 36.5 Å². The van der Waals surface area contributed by atoms with E-state index in [0.717, 1.165) is 10.7 Å². The summed E-state index contributed by atoms with van der Waals surface area (Å²) in [5.41, 5.74) is -0.396. The van der Waals surface area contributed by atoms with Crippen LogP contribution in [-0.2, 0) is 6.18 Å². The summed E-state index contributed by atoms with van der Waals surface area (Å²) in [5, 5.41) is 15.8. The van der Waals surface area contributed by atoms with E-state index in [9.17, 15) is 23.1 Å². The van der Waals surface area contributed by atoms with Crippen molar-refractivity contribution in [3.63, 3.8) is 0 Å². The first-order valence-corrected chi connectivity index (χ1v) is 7.38. The van der Waals surface area contributed by atoms with Gasteiger partial charge in [0, 0.05) is 18.3 Å². The first-order valence-electron chi connectivity index (χ1n) is 7.38. The molecule has 0 aliphatic rings. The lowest BCUT2D eigenvalue weighted by molar-refractivity contribution is -0.141. The van der Waals surface area contributed by atoms with Crippen molar-refractivity contribution in [2.75, 3.05) is 6.54 Å². The fourth-order valence-corrected chi connectivity index (χ4v) is 1.94. The van der Waals surface area contributed by atoms with Crippen LogP contribution in [0.5, 0.6) is 0 Å². The minimum absolute atomic E-state index is 0.00139. The van der Waals surface area contributed by atoms with Crippen molar-refractivity contribution in [3.05, 3.63) is 47.8 Å². The molecule has 2 rings (SSSR count). The van der Waals surface area contributed by atoms with E-state index >= 15 is 0 Å². The normalized spacial score (nSPS) is 13.1. The van der Waals surface area contributed by atoms with Gasteiger partial charge in [0.2, 0.25) is 0 Å². The van der Waals surface area contributed by atoms with Crippen molar-refractivity contribution < 1.29 is 23.1 Å². The van der Waals surface area contributed by atoms with E-state index in [0.29, 0.717) is 5.69 Å². The third-order valence-electron chi connectivity index (χ3n) is 3.49. The first kappa shape index (κ1) is 18.0. The molecule has 0 spiro atoms. The molecule has 1 aromatic carbocycles. The summed E-state index contributed by atoms with van der Waals surface area (Å²) in [7, 11) is 0. The summed E-state index contributed by atoms with van der Waals surface area (Å²) in [5.74, 6) is -0.416. The standard InChI is InChI=1S/C16H18F3N3O2/c1-10(2)13(23)9-20-15(24)11-4-3-5-12(8-11)22-7-6-14(21-22)16(17,18)19/h3-8,10,13,23H,9H2,1-2H3,(H,20,24). The van der Waals surface area contributed by atoms with Crippen LogP contribution in [0.2, 0.25) is 0 Å². The second kappa shape index (κ2) is 7.04. The highest BCUT2D eigenvalue weighted by Crippen LogP contribution is 2.27. The number of amides is 1.